The summed E-state index contributed by atoms with van der Waals surface area (Å²) in [5.74, 6) is -2.19. The molecule has 0 aliphatic carbocycles. The highest BCUT2D eigenvalue weighted by atomic mass is 16.8. The number of carbonyl (C=O) groups excluding carboxylic acids is 3. The molecule has 7 heterocycles. The van der Waals surface area contributed by atoms with Gasteiger partial charge >= 0.3 is 0 Å². The van der Waals surface area contributed by atoms with Gasteiger partial charge in [-0.2, -0.15) is 0 Å². The van der Waals surface area contributed by atoms with Crippen molar-refractivity contribution in [1.29, 1.82) is 0 Å². The monoisotopic (exact) mass is 1740 g/mol. The van der Waals surface area contributed by atoms with Gasteiger partial charge in [-0.15, -0.1) is 0 Å². The van der Waals surface area contributed by atoms with E-state index < -0.39 is 285 Å². The summed E-state index contributed by atoms with van der Waals surface area (Å²) < 4.78 is 84.5. The van der Waals surface area contributed by atoms with Crippen molar-refractivity contribution >= 4 is 17.7 Å². The number of ether oxygens (including phenoxy) is 14. The summed E-state index contributed by atoms with van der Waals surface area (Å²) in [6, 6.07) is -4.88. The zero-order valence-corrected chi connectivity index (χ0v) is 69.7. The summed E-state index contributed by atoms with van der Waals surface area (Å²) in [5, 5.41) is 232. The van der Waals surface area contributed by atoms with Crippen LogP contribution in [-0.2, 0) is 80.7 Å². The Kier molecular flexibility index (Phi) is 46.3. The Labute approximate surface area is 700 Å². The lowest BCUT2D eigenvalue weighted by molar-refractivity contribution is -0.397. The van der Waals surface area contributed by atoms with E-state index in [1.54, 1.807) is 6.08 Å². The molecule has 0 radical (unpaired) electrons. The number of rotatable bonds is 52. The van der Waals surface area contributed by atoms with Crippen LogP contribution < -0.4 is 16.0 Å². The molecule has 120 heavy (non-hydrogen) atoms. The van der Waals surface area contributed by atoms with E-state index in [4.69, 9.17) is 66.3 Å². The minimum atomic E-state index is -2.37. The average molecular weight is 1740 g/mol. The molecule has 0 aromatic rings. The first kappa shape index (κ1) is 104. The normalized spacial score (nSPS) is 39.4. The molecule has 40 nitrogen and oxygen atoms in total. The molecule has 7 aliphatic heterocycles. The summed E-state index contributed by atoms with van der Waals surface area (Å²) in [4.78, 5) is 40.1. The highest BCUT2D eigenvalue weighted by molar-refractivity contribution is 5.76. The molecule has 14 unspecified atom stereocenters. The molecule has 0 bridgehead atoms. The second-order valence-corrected chi connectivity index (χ2v) is 32.7. The molecule has 0 saturated carbocycles. The Balaban J connectivity index is 1.08. The van der Waals surface area contributed by atoms with Crippen molar-refractivity contribution < 1.29 is 183 Å². The van der Waals surface area contributed by atoms with Gasteiger partial charge in [0.25, 0.3) is 0 Å². The fourth-order valence-electron chi connectivity index (χ4n) is 16.2. The second-order valence-electron chi connectivity index (χ2n) is 32.7. The third-order valence-corrected chi connectivity index (χ3v) is 23.3. The molecular weight excluding hydrogens is 1590 g/mol. The van der Waals surface area contributed by atoms with Gasteiger partial charge in [0.1, 0.15) is 165 Å². The van der Waals surface area contributed by atoms with Gasteiger partial charge in [-0.1, -0.05) is 167 Å². The highest BCUT2D eigenvalue weighted by Crippen LogP contribution is 2.40. The summed E-state index contributed by atoms with van der Waals surface area (Å²) in [6.45, 7) is 0.847. The number of nitrogens with one attached hydrogen (secondary N) is 3. The highest BCUT2D eigenvalue weighted by Gasteiger charge is 2.60. The van der Waals surface area contributed by atoms with Crippen LogP contribution in [0.25, 0.3) is 0 Å². The Hall–Kier alpha value is -3.21. The van der Waals surface area contributed by atoms with E-state index in [0.29, 0.717) is 12.8 Å². The smallest absolute Gasteiger partial charge is 0.220 e. The summed E-state index contributed by atoms with van der Waals surface area (Å²) >= 11 is 0. The van der Waals surface area contributed by atoms with Crippen LogP contribution in [0.4, 0.5) is 0 Å². The van der Waals surface area contributed by atoms with Crippen LogP contribution in [0.5, 0.6) is 0 Å². The third kappa shape index (κ3) is 29.7. The molecule has 0 aromatic heterocycles. The number of unbranched alkanes of at least 4 members (excludes halogenated alkanes) is 23. The molecule has 23 N–H and O–H groups in total. The van der Waals surface area contributed by atoms with Gasteiger partial charge in [-0.3, -0.25) is 14.4 Å². The van der Waals surface area contributed by atoms with Gasteiger partial charge < -0.3 is 184 Å². The van der Waals surface area contributed by atoms with E-state index in [1.165, 1.54) is 103 Å². The van der Waals surface area contributed by atoms with Crippen LogP contribution in [0, 0.1) is 0 Å². The molecule has 0 spiro atoms. The zero-order valence-electron chi connectivity index (χ0n) is 69.7. The van der Waals surface area contributed by atoms with Gasteiger partial charge in [0, 0.05) is 20.3 Å². The number of allylic oxidation sites excluding steroid dienone is 1. The number of hydrogen-bond acceptors (Lipinski definition) is 37. The van der Waals surface area contributed by atoms with Crippen LogP contribution in [0.2, 0.25) is 0 Å². The van der Waals surface area contributed by atoms with Gasteiger partial charge in [0.05, 0.1) is 64.5 Å². The lowest BCUT2D eigenvalue weighted by Gasteiger charge is -2.52. The van der Waals surface area contributed by atoms with Gasteiger partial charge in [-0.25, -0.2) is 0 Å². The Bertz CT molecular complexity index is 2870. The first-order valence-corrected chi connectivity index (χ1v) is 43.3. The van der Waals surface area contributed by atoms with Crippen molar-refractivity contribution in [1.82, 2.24) is 16.0 Å². The Morgan fingerprint density at radius 1 is 0.342 bits per heavy atom. The SMILES string of the molecule is CCCCCCCCCCCCC/C=C/[C@@H](O)[C@H](CO[C@@H]1OC(CO)[C@@H](O[C@@H]2OC(CO)[C@H](O)[C@H](O[C@@H]3OC(CO)[C@@H](O[C@@H]4OC(CO)[C@H](O)[C@H](O[C@@H]5OC(CO)[C@@H](O)[C@H](O[C@@H]6OC(CO)[C@H](O)[C@H](O)C6O)C5NC(C)=O)C4O)[C@H](O[C@H]4OC(C)[C@@H](O)C(O)[C@@H]4O)C3NC(C)=O)C2O)[C@H](O)C1O)NC(=O)CCCCCCCCCCCCCCC. The van der Waals surface area contributed by atoms with Crippen molar-refractivity contribution in [3.8, 4) is 0 Å². The molecule has 700 valence electrons. The molecule has 37 atom stereocenters. The predicted octanol–water partition coefficient (Wildman–Crippen LogP) is -4.35. The summed E-state index contributed by atoms with van der Waals surface area (Å²) in [6.07, 6.45) is -35.4. The third-order valence-electron chi connectivity index (χ3n) is 23.3. The topological polar surface area (TPSA) is 621 Å². The van der Waals surface area contributed by atoms with Crippen molar-refractivity contribution in [2.45, 2.75) is 429 Å². The van der Waals surface area contributed by atoms with E-state index in [-0.39, 0.29) is 12.3 Å². The quantitative estimate of drug-likeness (QED) is 0.0202. The zero-order chi connectivity index (χ0) is 87.9. The lowest BCUT2D eigenvalue weighted by atomic mass is 9.93. The molecule has 7 rings (SSSR count). The van der Waals surface area contributed by atoms with E-state index >= 15 is 0 Å². The molecule has 7 saturated heterocycles. The summed E-state index contributed by atoms with van der Waals surface area (Å²) in [5.41, 5.74) is 0. The minimum absolute atomic E-state index is 0.152. The average Bonchev–Trinajstić information content (AvgIpc) is 0.755. The van der Waals surface area contributed by atoms with Crippen LogP contribution in [0.1, 0.15) is 202 Å². The first-order chi connectivity index (χ1) is 57.5. The number of hydrogen-bond donors (Lipinski definition) is 23. The standard InChI is InChI=1S/C80H143N3O37/c1-6-8-10-12-14-16-18-20-22-24-26-28-30-32-45(92)44(83-52(93)33-31-29-27-25-23-21-19-17-15-13-11-9-7-2)40-107-76-65(104)62(101)68(50(38-88)114-76)115-79-66(105)72(58(97)48(36-86)111-79)120-75-54(82-43(5)91)71(118-77-63(102)60(99)55(94)41(3)108-77)69(51(39-89)113-75)116-80-67(106)73(59(98)49(37-87)112-80)119-74-53(81-42(4)90)70(57(96)47(35-85)109-74)117-78-64(103)61(100)56(95)46(34-84)110-78/h30,32,41,44-51,53-80,84-89,92,94-106H,6-29,31,33-40H2,1-5H3,(H,81,90)(H,82,91)(H,83,93)/b32-30+/t41?,44-,45+,46?,47?,48?,49?,50?,51?,53?,54?,55+,56-,57+,58-,59-,60?,61-,62+,63-,64?,65?,66?,67?,68+,69+,70+,71+,72-,73-,74-,75-,76+,77+,78-,79-,80-/m0/s1. The maximum Gasteiger partial charge on any atom is 0.220 e. The Morgan fingerprint density at radius 2 is 0.675 bits per heavy atom. The van der Waals surface area contributed by atoms with E-state index in [1.807, 2.05) is 6.08 Å². The molecule has 3 amide bonds. The van der Waals surface area contributed by atoms with Gasteiger partial charge in [-0.05, 0) is 26.2 Å². The molecule has 7 fully saturated rings. The van der Waals surface area contributed by atoms with Crippen LogP contribution in [0.15, 0.2) is 12.2 Å². The van der Waals surface area contributed by atoms with E-state index in [9.17, 15) is 117 Å². The lowest BCUT2D eigenvalue weighted by Crippen LogP contribution is -2.72. The van der Waals surface area contributed by atoms with E-state index in [0.717, 1.165) is 65.2 Å². The largest absolute Gasteiger partial charge is 0.394 e. The summed E-state index contributed by atoms with van der Waals surface area (Å²) in [7, 11) is 0. The predicted molar refractivity (Wildman–Crippen MR) is 416 cm³/mol. The number of amides is 3. The fourth-order valence-corrected chi connectivity index (χ4v) is 16.2. The maximum absolute atomic E-state index is 13.6. The van der Waals surface area contributed by atoms with E-state index in [2.05, 4.69) is 29.8 Å². The molecule has 0 aromatic carbocycles. The minimum Gasteiger partial charge on any atom is -0.394 e. The van der Waals surface area contributed by atoms with Gasteiger partial charge in [0.15, 0.2) is 44.0 Å². The van der Waals surface area contributed by atoms with Gasteiger partial charge in [0.2, 0.25) is 17.7 Å². The van der Waals surface area contributed by atoms with Crippen molar-refractivity contribution in [2.24, 2.45) is 0 Å². The molecular formula is C80H143N3O37. The fraction of sp³-hybridized carbons (Fsp3) is 0.938. The van der Waals surface area contributed by atoms with Crippen molar-refractivity contribution in [2.75, 3.05) is 46.2 Å². The maximum atomic E-state index is 13.6. The second kappa shape index (κ2) is 53.6. The number of carbonyl (C=O) groups is 3. The Morgan fingerprint density at radius 3 is 1.13 bits per heavy atom. The van der Waals surface area contributed by atoms with Crippen LogP contribution in [0.3, 0.4) is 0 Å². The van der Waals surface area contributed by atoms with Crippen molar-refractivity contribution in [3.05, 3.63) is 12.2 Å². The van der Waals surface area contributed by atoms with Crippen molar-refractivity contribution in [3.63, 3.8) is 0 Å². The first-order valence-electron chi connectivity index (χ1n) is 43.3. The number of aliphatic hydroxyl groups is 20. The molecule has 40 heteroatoms. The van der Waals surface area contributed by atoms with Crippen LogP contribution in [-0.4, -0.2) is 393 Å². The number of aliphatic hydroxyl groups excluding tert-OH is 20. The molecule has 7 aliphatic rings. The van der Waals surface area contributed by atoms with Crippen LogP contribution >= 0.6 is 0 Å².